The Kier molecular flexibility index (Phi) is 7.71. The van der Waals surface area contributed by atoms with E-state index >= 15 is 0 Å². The number of aliphatic carboxylic acids is 1. The number of carboxylic acid groups (broad SMARTS) is 1. The van der Waals surface area contributed by atoms with Crippen molar-refractivity contribution in [1.29, 1.82) is 0 Å². The Balaban J connectivity index is 2.14. The number of carboxylic acids is 1. The molecule has 1 heterocycles. The second-order valence-corrected chi connectivity index (χ2v) is 7.54. The van der Waals surface area contributed by atoms with Crippen LogP contribution in [0.3, 0.4) is 0 Å². The zero-order valence-corrected chi connectivity index (χ0v) is 15.4. The molecule has 0 saturated heterocycles. The van der Waals surface area contributed by atoms with Gasteiger partial charge in [0.25, 0.3) is 0 Å². The molecular formula is C18H19F2NO2S2. The van der Waals surface area contributed by atoms with Crippen LogP contribution in [0.1, 0.15) is 26.2 Å². The number of thioether (sulfide) groups is 2. The smallest absolute Gasteiger partial charge is 0.303 e. The minimum absolute atomic E-state index is 0.0134. The third-order valence-electron chi connectivity index (χ3n) is 3.25. The van der Waals surface area contributed by atoms with Gasteiger partial charge in [0.2, 0.25) is 0 Å². The lowest BCUT2D eigenvalue weighted by molar-refractivity contribution is -0.137. The first kappa shape index (κ1) is 19.7. The predicted octanol–water partition coefficient (Wildman–Crippen LogP) is 5.49. The van der Waals surface area contributed by atoms with E-state index in [1.54, 1.807) is 17.8 Å². The van der Waals surface area contributed by atoms with Gasteiger partial charge < -0.3 is 5.11 Å². The topological polar surface area (TPSA) is 50.2 Å². The van der Waals surface area contributed by atoms with Gasteiger partial charge in [0.05, 0.1) is 15.6 Å². The zero-order valence-electron chi connectivity index (χ0n) is 13.8. The summed E-state index contributed by atoms with van der Waals surface area (Å²) in [7, 11) is 0. The lowest BCUT2D eigenvalue weighted by atomic mass is 10.1. The molecule has 2 rings (SSSR count). The summed E-state index contributed by atoms with van der Waals surface area (Å²) in [5, 5.41) is 9.42. The molecular weight excluding hydrogens is 364 g/mol. The fourth-order valence-corrected chi connectivity index (χ4v) is 3.74. The van der Waals surface area contributed by atoms with E-state index in [4.69, 9.17) is 5.11 Å². The normalized spacial score (nSPS) is 10.8. The largest absolute Gasteiger partial charge is 0.481 e. The van der Waals surface area contributed by atoms with Crippen LogP contribution in [0.2, 0.25) is 0 Å². The van der Waals surface area contributed by atoms with Crippen molar-refractivity contribution in [3.63, 3.8) is 0 Å². The number of nitrogens with zero attached hydrogens (tertiary/aromatic N) is 1. The van der Waals surface area contributed by atoms with Crippen LogP contribution in [0, 0.1) is 11.6 Å². The van der Waals surface area contributed by atoms with Crippen LogP contribution in [0.4, 0.5) is 8.78 Å². The fraction of sp³-hybridized carbons (Fsp3) is 0.333. The Morgan fingerprint density at radius 1 is 1.16 bits per heavy atom. The van der Waals surface area contributed by atoms with Crippen molar-refractivity contribution in [2.45, 2.75) is 36.1 Å². The Morgan fingerprint density at radius 2 is 1.88 bits per heavy atom. The van der Waals surface area contributed by atoms with Gasteiger partial charge in [0, 0.05) is 12.0 Å². The van der Waals surface area contributed by atoms with Crippen molar-refractivity contribution in [2.75, 3.05) is 11.5 Å². The van der Waals surface area contributed by atoms with E-state index in [1.165, 1.54) is 12.1 Å². The number of rotatable bonds is 9. The average molecular weight is 383 g/mol. The lowest BCUT2D eigenvalue weighted by Crippen LogP contribution is -1.97. The quantitative estimate of drug-likeness (QED) is 0.459. The zero-order chi connectivity index (χ0) is 18.2. The van der Waals surface area contributed by atoms with E-state index in [2.05, 4.69) is 11.9 Å². The van der Waals surface area contributed by atoms with E-state index < -0.39 is 17.6 Å². The van der Waals surface area contributed by atoms with Crippen molar-refractivity contribution < 1.29 is 18.7 Å². The van der Waals surface area contributed by atoms with E-state index in [0.717, 1.165) is 29.0 Å². The van der Waals surface area contributed by atoms with Gasteiger partial charge in [-0.3, -0.25) is 4.79 Å². The number of hydrogen-bond acceptors (Lipinski definition) is 4. The molecule has 0 fully saturated rings. The van der Waals surface area contributed by atoms with Crippen molar-refractivity contribution in [2.24, 2.45) is 0 Å². The first-order valence-electron chi connectivity index (χ1n) is 7.95. The van der Waals surface area contributed by atoms with Gasteiger partial charge >= 0.3 is 5.97 Å². The molecule has 2 aromatic rings. The molecule has 0 bridgehead atoms. The molecule has 0 saturated carbocycles. The maximum absolute atomic E-state index is 14.3. The number of hydrogen-bond donors (Lipinski definition) is 1. The summed E-state index contributed by atoms with van der Waals surface area (Å²) in [5.41, 5.74) is 0.921. The highest BCUT2D eigenvalue weighted by molar-refractivity contribution is 7.99. The van der Waals surface area contributed by atoms with Gasteiger partial charge in [-0.05, 0) is 48.6 Å². The molecule has 1 N–H and O–H groups in total. The summed E-state index contributed by atoms with van der Waals surface area (Å²) in [6.07, 6.45) is 1.37. The molecule has 3 nitrogen and oxygen atoms in total. The highest BCUT2D eigenvalue weighted by Crippen LogP contribution is 2.31. The van der Waals surface area contributed by atoms with Gasteiger partial charge in [-0.15, -0.1) is 23.5 Å². The number of aromatic nitrogens is 1. The first-order valence-corrected chi connectivity index (χ1v) is 9.92. The fourth-order valence-electron chi connectivity index (χ4n) is 2.11. The number of halogens is 2. The van der Waals surface area contributed by atoms with E-state index in [1.807, 2.05) is 12.1 Å². The minimum Gasteiger partial charge on any atom is -0.481 e. The molecule has 7 heteroatoms. The molecule has 0 amide bonds. The third kappa shape index (κ3) is 6.01. The third-order valence-corrected chi connectivity index (χ3v) is 5.56. The summed E-state index contributed by atoms with van der Waals surface area (Å²) >= 11 is 2.60. The molecule has 0 aliphatic carbocycles. The van der Waals surface area contributed by atoms with E-state index in [-0.39, 0.29) is 11.3 Å². The van der Waals surface area contributed by atoms with Crippen LogP contribution in [0.15, 0.2) is 40.3 Å². The second kappa shape index (κ2) is 9.77. The molecule has 0 unspecified atom stereocenters. The number of benzene rings is 1. The summed E-state index contributed by atoms with van der Waals surface area (Å²) < 4.78 is 28.6. The standard InChI is InChI=1S/C18H19F2NO2S2/c1-2-8-24-16-6-3-5-15(21-16)12-10-13(19)18(14(20)11-12)25-9-4-7-17(22)23/h3,5-6,10-11H,2,4,7-9H2,1H3,(H,22,23). The van der Waals surface area contributed by atoms with Crippen LogP contribution in [-0.4, -0.2) is 27.6 Å². The van der Waals surface area contributed by atoms with Gasteiger partial charge in [0.1, 0.15) is 11.6 Å². The van der Waals surface area contributed by atoms with Crippen LogP contribution < -0.4 is 0 Å². The van der Waals surface area contributed by atoms with Crippen LogP contribution in [0.5, 0.6) is 0 Å². The molecule has 0 radical (unpaired) electrons. The second-order valence-electron chi connectivity index (χ2n) is 5.32. The maximum Gasteiger partial charge on any atom is 0.303 e. The Labute approximate surface area is 154 Å². The molecule has 0 spiro atoms. The first-order chi connectivity index (χ1) is 12.0. The highest BCUT2D eigenvalue weighted by Gasteiger charge is 2.14. The molecule has 25 heavy (non-hydrogen) atoms. The maximum atomic E-state index is 14.3. The summed E-state index contributed by atoms with van der Waals surface area (Å²) in [6.45, 7) is 2.08. The van der Waals surface area contributed by atoms with Crippen molar-refractivity contribution in [3.05, 3.63) is 42.0 Å². The average Bonchev–Trinajstić information content (AvgIpc) is 2.58. The van der Waals surface area contributed by atoms with Gasteiger partial charge in [-0.25, -0.2) is 13.8 Å². The number of pyridine rings is 1. The Bertz CT molecular complexity index is 718. The van der Waals surface area contributed by atoms with Gasteiger partial charge in [-0.2, -0.15) is 0 Å². The summed E-state index contributed by atoms with van der Waals surface area (Å²) in [6, 6.07) is 7.98. The molecule has 1 aromatic heterocycles. The SMILES string of the molecule is CCCSc1cccc(-c2cc(F)c(SCCCC(=O)O)c(F)c2)n1. The van der Waals surface area contributed by atoms with E-state index in [0.29, 0.717) is 23.4 Å². The Morgan fingerprint density at radius 3 is 2.52 bits per heavy atom. The monoisotopic (exact) mass is 383 g/mol. The van der Waals surface area contributed by atoms with Crippen molar-refractivity contribution >= 4 is 29.5 Å². The molecule has 0 atom stereocenters. The molecule has 1 aromatic carbocycles. The molecule has 134 valence electrons. The van der Waals surface area contributed by atoms with Gasteiger partial charge in [0.15, 0.2) is 0 Å². The van der Waals surface area contributed by atoms with Crippen LogP contribution >= 0.6 is 23.5 Å². The van der Waals surface area contributed by atoms with Gasteiger partial charge in [-0.1, -0.05) is 13.0 Å². The summed E-state index contributed by atoms with van der Waals surface area (Å²) in [5.74, 6) is -0.928. The van der Waals surface area contributed by atoms with Crippen molar-refractivity contribution in [1.82, 2.24) is 4.98 Å². The minimum atomic E-state index is -0.913. The lowest BCUT2D eigenvalue weighted by Gasteiger charge is -2.09. The number of carbonyl (C=O) groups is 1. The van der Waals surface area contributed by atoms with Crippen molar-refractivity contribution in [3.8, 4) is 11.3 Å². The molecule has 0 aliphatic heterocycles. The van der Waals surface area contributed by atoms with Crippen LogP contribution in [0.25, 0.3) is 11.3 Å². The predicted molar refractivity (Wildman–Crippen MR) is 98.2 cm³/mol. The Hall–Kier alpha value is -1.60. The highest BCUT2D eigenvalue weighted by atomic mass is 32.2. The van der Waals surface area contributed by atoms with E-state index in [9.17, 15) is 13.6 Å². The summed E-state index contributed by atoms with van der Waals surface area (Å²) in [4.78, 5) is 14.8. The molecule has 0 aliphatic rings. The van der Waals surface area contributed by atoms with Crippen LogP contribution in [-0.2, 0) is 4.79 Å².